The van der Waals surface area contributed by atoms with E-state index in [9.17, 15) is 4.79 Å². The van der Waals surface area contributed by atoms with E-state index < -0.39 is 0 Å². The molecule has 1 unspecified atom stereocenters. The Morgan fingerprint density at radius 2 is 2.31 bits per heavy atom. The van der Waals surface area contributed by atoms with Crippen LogP contribution in [0.25, 0.3) is 0 Å². The highest BCUT2D eigenvalue weighted by molar-refractivity contribution is 5.58. The number of aldehydes is 1. The molecule has 1 aliphatic heterocycles. The molecule has 0 radical (unpaired) electrons. The first-order valence-corrected chi connectivity index (χ1v) is 4.84. The standard InChI is InChI=1S/C10H19NO2/c1-9-6-11(4-5-13-9)7-10(2,3)8-12/h8-9H,4-7H2,1-3H3. The fourth-order valence-corrected chi connectivity index (χ4v) is 1.65. The topological polar surface area (TPSA) is 29.5 Å². The molecule has 1 rings (SSSR count). The van der Waals surface area contributed by atoms with Crippen molar-refractivity contribution in [3.05, 3.63) is 0 Å². The molecule has 0 aromatic heterocycles. The molecule has 1 heterocycles. The summed E-state index contributed by atoms with van der Waals surface area (Å²) in [4.78, 5) is 13.0. The second-order valence-corrected chi connectivity index (χ2v) is 4.52. The summed E-state index contributed by atoms with van der Waals surface area (Å²) in [5, 5.41) is 0. The van der Waals surface area contributed by atoms with Gasteiger partial charge in [0, 0.05) is 25.0 Å². The molecule has 76 valence electrons. The van der Waals surface area contributed by atoms with Crippen LogP contribution in [0.4, 0.5) is 0 Å². The maximum absolute atomic E-state index is 10.7. The van der Waals surface area contributed by atoms with Crippen molar-refractivity contribution >= 4 is 6.29 Å². The molecule has 0 bridgehead atoms. The average molecular weight is 185 g/mol. The number of morpholine rings is 1. The Labute approximate surface area is 80.1 Å². The lowest BCUT2D eigenvalue weighted by molar-refractivity contribution is -0.116. The molecule has 3 nitrogen and oxygen atoms in total. The quantitative estimate of drug-likeness (QED) is 0.613. The summed E-state index contributed by atoms with van der Waals surface area (Å²) < 4.78 is 5.43. The van der Waals surface area contributed by atoms with E-state index in [0.29, 0.717) is 6.10 Å². The molecule has 0 aliphatic carbocycles. The lowest BCUT2D eigenvalue weighted by Crippen LogP contribution is -2.45. The first-order valence-electron chi connectivity index (χ1n) is 4.84. The van der Waals surface area contributed by atoms with E-state index >= 15 is 0 Å². The number of rotatable bonds is 3. The summed E-state index contributed by atoms with van der Waals surface area (Å²) in [6.45, 7) is 9.53. The molecule has 1 fully saturated rings. The number of carbonyl (C=O) groups excluding carboxylic acids is 1. The maximum Gasteiger partial charge on any atom is 0.126 e. The minimum atomic E-state index is -0.225. The third kappa shape index (κ3) is 3.44. The Balaban J connectivity index is 2.39. The molecule has 13 heavy (non-hydrogen) atoms. The summed E-state index contributed by atoms with van der Waals surface area (Å²) in [5.74, 6) is 0. The van der Waals surface area contributed by atoms with Crippen LogP contribution >= 0.6 is 0 Å². The molecule has 1 saturated heterocycles. The van der Waals surface area contributed by atoms with E-state index in [1.54, 1.807) is 0 Å². The van der Waals surface area contributed by atoms with Gasteiger partial charge in [0.2, 0.25) is 0 Å². The van der Waals surface area contributed by atoms with Crippen LogP contribution in [0.5, 0.6) is 0 Å². The van der Waals surface area contributed by atoms with Crippen LogP contribution in [-0.2, 0) is 9.53 Å². The third-order valence-corrected chi connectivity index (χ3v) is 2.28. The monoisotopic (exact) mass is 185 g/mol. The van der Waals surface area contributed by atoms with Crippen LogP contribution < -0.4 is 0 Å². The average Bonchev–Trinajstić information content (AvgIpc) is 2.03. The van der Waals surface area contributed by atoms with E-state index in [0.717, 1.165) is 32.5 Å². The van der Waals surface area contributed by atoms with Crippen LogP contribution in [0.2, 0.25) is 0 Å². The van der Waals surface area contributed by atoms with Gasteiger partial charge in [0.25, 0.3) is 0 Å². The van der Waals surface area contributed by atoms with Crippen molar-refractivity contribution in [2.24, 2.45) is 5.41 Å². The largest absolute Gasteiger partial charge is 0.376 e. The Kier molecular flexibility index (Phi) is 3.45. The number of carbonyl (C=O) groups is 1. The summed E-state index contributed by atoms with van der Waals surface area (Å²) in [6, 6.07) is 0. The lowest BCUT2D eigenvalue weighted by atomic mass is 9.95. The molecule has 0 amide bonds. The van der Waals surface area contributed by atoms with Gasteiger partial charge in [-0.15, -0.1) is 0 Å². The highest BCUT2D eigenvalue weighted by atomic mass is 16.5. The summed E-state index contributed by atoms with van der Waals surface area (Å²) in [5.41, 5.74) is -0.225. The Morgan fingerprint density at radius 1 is 1.62 bits per heavy atom. The van der Waals surface area contributed by atoms with E-state index in [1.807, 2.05) is 13.8 Å². The molecule has 0 aromatic carbocycles. The lowest BCUT2D eigenvalue weighted by Gasteiger charge is -2.34. The van der Waals surface area contributed by atoms with Crippen molar-refractivity contribution in [2.45, 2.75) is 26.9 Å². The number of hydrogen-bond acceptors (Lipinski definition) is 3. The van der Waals surface area contributed by atoms with E-state index in [2.05, 4.69) is 11.8 Å². The van der Waals surface area contributed by atoms with Crippen molar-refractivity contribution in [1.82, 2.24) is 4.90 Å². The van der Waals surface area contributed by atoms with Crippen molar-refractivity contribution < 1.29 is 9.53 Å². The van der Waals surface area contributed by atoms with Crippen LogP contribution in [0.15, 0.2) is 0 Å². The zero-order valence-corrected chi connectivity index (χ0v) is 8.75. The van der Waals surface area contributed by atoms with Gasteiger partial charge in [0.15, 0.2) is 0 Å². The van der Waals surface area contributed by atoms with Gasteiger partial charge < -0.3 is 9.53 Å². The van der Waals surface area contributed by atoms with Crippen LogP contribution in [0, 0.1) is 5.41 Å². The minimum absolute atomic E-state index is 0.225. The molecule has 0 N–H and O–H groups in total. The zero-order valence-electron chi connectivity index (χ0n) is 8.75. The second-order valence-electron chi connectivity index (χ2n) is 4.52. The zero-order chi connectivity index (χ0) is 9.90. The first-order chi connectivity index (χ1) is 6.03. The van der Waals surface area contributed by atoms with Crippen molar-refractivity contribution in [1.29, 1.82) is 0 Å². The van der Waals surface area contributed by atoms with Gasteiger partial charge in [0.05, 0.1) is 12.7 Å². The smallest absolute Gasteiger partial charge is 0.126 e. The highest BCUT2D eigenvalue weighted by Crippen LogP contribution is 2.15. The van der Waals surface area contributed by atoms with Crippen molar-refractivity contribution in [2.75, 3.05) is 26.2 Å². The molecule has 0 spiro atoms. The number of ether oxygens (including phenoxy) is 1. The molecular weight excluding hydrogens is 166 g/mol. The molecule has 0 aromatic rings. The maximum atomic E-state index is 10.7. The molecule has 1 atom stereocenters. The van der Waals surface area contributed by atoms with E-state index in [-0.39, 0.29) is 5.41 Å². The molecule has 0 saturated carbocycles. The van der Waals surface area contributed by atoms with E-state index in [1.165, 1.54) is 0 Å². The minimum Gasteiger partial charge on any atom is -0.376 e. The fraction of sp³-hybridized carbons (Fsp3) is 0.900. The summed E-state index contributed by atoms with van der Waals surface area (Å²) >= 11 is 0. The van der Waals surface area contributed by atoms with Gasteiger partial charge in [-0.05, 0) is 6.92 Å². The first kappa shape index (κ1) is 10.7. The normalized spacial score (nSPS) is 25.9. The van der Waals surface area contributed by atoms with Crippen molar-refractivity contribution in [3.8, 4) is 0 Å². The summed E-state index contributed by atoms with van der Waals surface area (Å²) in [7, 11) is 0. The molecule has 1 aliphatic rings. The van der Waals surface area contributed by atoms with Gasteiger partial charge in [-0.1, -0.05) is 13.8 Å². The Bertz CT molecular complexity index is 180. The van der Waals surface area contributed by atoms with Gasteiger partial charge in [0.1, 0.15) is 6.29 Å². The highest BCUT2D eigenvalue weighted by Gasteiger charge is 2.24. The van der Waals surface area contributed by atoms with Gasteiger partial charge in [-0.2, -0.15) is 0 Å². The Morgan fingerprint density at radius 3 is 2.85 bits per heavy atom. The van der Waals surface area contributed by atoms with Gasteiger partial charge in [-0.25, -0.2) is 0 Å². The van der Waals surface area contributed by atoms with Crippen LogP contribution in [0.3, 0.4) is 0 Å². The second kappa shape index (κ2) is 4.20. The predicted molar refractivity (Wildman–Crippen MR) is 51.7 cm³/mol. The van der Waals surface area contributed by atoms with Crippen molar-refractivity contribution in [3.63, 3.8) is 0 Å². The fourth-order valence-electron chi connectivity index (χ4n) is 1.65. The molecular formula is C10H19NO2. The molecule has 3 heteroatoms. The van der Waals surface area contributed by atoms with Gasteiger partial charge >= 0.3 is 0 Å². The number of hydrogen-bond donors (Lipinski definition) is 0. The number of nitrogens with zero attached hydrogens (tertiary/aromatic N) is 1. The van der Waals surface area contributed by atoms with Crippen LogP contribution in [0.1, 0.15) is 20.8 Å². The predicted octanol–water partition coefficient (Wildman–Crippen LogP) is 0.932. The van der Waals surface area contributed by atoms with Crippen LogP contribution in [-0.4, -0.2) is 43.5 Å². The van der Waals surface area contributed by atoms with E-state index in [4.69, 9.17) is 4.74 Å². The SMILES string of the molecule is CC1CN(CC(C)(C)C=O)CCO1. The summed E-state index contributed by atoms with van der Waals surface area (Å²) in [6.07, 6.45) is 1.34. The van der Waals surface area contributed by atoms with Gasteiger partial charge in [-0.3, -0.25) is 4.90 Å². The third-order valence-electron chi connectivity index (χ3n) is 2.28. The Hall–Kier alpha value is -0.410.